The third kappa shape index (κ3) is 4.38. The van der Waals surface area contributed by atoms with Crippen LogP contribution >= 0.6 is 11.3 Å². The number of carbonyl (C=O) groups excluding carboxylic acids is 2. The van der Waals surface area contributed by atoms with Crippen LogP contribution in [0.2, 0.25) is 0 Å². The number of thiazole rings is 1. The molecule has 1 amide bonds. The second kappa shape index (κ2) is 8.51. The Bertz CT molecular complexity index is 1280. The Hall–Kier alpha value is -3.58. The molecule has 1 aromatic heterocycles. The highest BCUT2D eigenvalue weighted by molar-refractivity contribution is 7.14. The average Bonchev–Trinajstić information content (AvgIpc) is 3.31. The minimum atomic E-state index is -0.522. The summed E-state index contributed by atoms with van der Waals surface area (Å²) in [6.07, 6.45) is 1.58. The first-order valence-corrected chi connectivity index (χ1v) is 11.0. The molecule has 0 N–H and O–H groups in total. The van der Waals surface area contributed by atoms with Crippen molar-refractivity contribution in [3.8, 4) is 0 Å². The lowest BCUT2D eigenvalue weighted by atomic mass is 10.1. The van der Waals surface area contributed by atoms with Crippen molar-refractivity contribution in [2.45, 2.75) is 34.6 Å². The largest absolute Gasteiger partial charge is 0.402 e. The summed E-state index contributed by atoms with van der Waals surface area (Å²) in [7, 11) is 0. The van der Waals surface area contributed by atoms with E-state index in [2.05, 4.69) is 9.98 Å². The Morgan fingerprint density at radius 2 is 1.75 bits per heavy atom. The van der Waals surface area contributed by atoms with E-state index in [9.17, 15) is 9.59 Å². The van der Waals surface area contributed by atoms with E-state index in [1.807, 2.05) is 64.1 Å². The number of aryl methyl sites for hydroxylation is 4. The SMILES string of the molecule is CC(=O)N(c1ccc(C)c(C)c1)c1nc(/C=C2/N=C(c3cc(C)cc(C)c3)OC2=O)cs1. The number of hydrogen-bond acceptors (Lipinski definition) is 6. The van der Waals surface area contributed by atoms with Crippen LogP contribution < -0.4 is 4.90 Å². The number of cyclic esters (lactones) is 1. The predicted octanol–water partition coefficient (Wildman–Crippen LogP) is 5.41. The fourth-order valence-electron chi connectivity index (χ4n) is 3.51. The molecule has 0 unspecified atom stereocenters. The van der Waals surface area contributed by atoms with Crippen LogP contribution in [0.25, 0.3) is 6.08 Å². The Morgan fingerprint density at radius 3 is 2.41 bits per heavy atom. The van der Waals surface area contributed by atoms with Crippen molar-refractivity contribution < 1.29 is 14.3 Å². The molecule has 2 heterocycles. The third-order valence-corrected chi connectivity index (χ3v) is 5.98. The maximum atomic E-state index is 12.4. The zero-order chi connectivity index (χ0) is 23.0. The van der Waals surface area contributed by atoms with Gasteiger partial charge in [0.1, 0.15) is 0 Å². The fourth-order valence-corrected chi connectivity index (χ4v) is 4.35. The molecule has 0 radical (unpaired) electrons. The Kier molecular flexibility index (Phi) is 5.76. The number of benzene rings is 2. The first-order chi connectivity index (χ1) is 15.2. The van der Waals surface area contributed by atoms with Gasteiger partial charge in [0.05, 0.1) is 11.4 Å². The summed E-state index contributed by atoms with van der Waals surface area (Å²) in [5.41, 5.74) is 6.61. The molecule has 1 aliphatic rings. The van der Waals surface area contributed by atoms with Gasteiger partial charge >= 0.3 is 5.97 Å². The van der Waals surface area contributed by atoms with Crippen LogP contribution in [0.5, 0.6) is 0 Å². The average molecular weight is 446 g/mol. The summed E-state index contributed by atoms with van der Waals surface area (Å²) >= 11 is 1.33. The molecule has 0 fully saturated rings. The van der Waals surface area contributed by atoms with Gasteiger partial charge in [-0.3, -0.25) is 9.69 Å². The van der Waals surface area contributed by atoms with Crippen molar-refractivity contribution in [2.75, 3.05) is 4.90 Å². The molecule has 0 aliphatic carbocycles. The molecule has 6 nitrogen and oxygen atoms in total. The summed E-state index contributed by atoms with van der Waals surface area (Å²) in [6, 6.07) is 11.7. The summed E-state index contributed by atoms with van der Waals surface area (Å²) in [4.78, 5) is 35.3. The number of hydrogen-bond donors (Lipinski definition) is 0. The van der Waals surface area contributed by atoms with Gasteiger partial charge in [-0.2, -0.15) is 0 Å². The summed E-state index contributed by atoms with van der Waals surface area (Å²) in [5, 5.41) is 2.31. The Labute approximate surface area is 190 Å². The van der Waals surface area contributed by atoms with Gasteiger partial charge < -0.3 is 4.74 Å². The van der Waals surface area contributed by atoms with Crippen molar-refractivity contribution in [1.82, 2.24) is 4.98 Å². The van der Waals surface area contributed by atoms with Crippen LogP contribution in [0.3, 0.4) is 0 Å². The molecule has 7 heteroatoms. The number of amides is 1. The molecule has 4 rings (SSSR count). The lowest BCUT2D eigenvalue weighted by molar-refractivity contribution is -0.130. The van der Waals surface area contributed by atoms with Gasteiger partial charge in [0, 0.05) is 17.9 Å². The number of rotatable bonds is 4. The van der Waals surface area contributed by atoms with Crippen molar-refractivity contribution in [1.29, 1.82) is 0 Å². The number of nitrogens with zero attached hydrogens (tertiary/aromatic N) is 3. The van der Waals surface area contributed by atoms with E-state index < -0.39 is 5.97 Å². The van der Waals surface area contributed by atoms with Crippen molar-refractivity contribution in [3.05, 3.63) is 81.0 Å². The van der Waals surface area contributed by atoms with E-state index in [1.54, 1.807) is 16.4 Å². The van der Waals surface area contributed by atoms with Crippen LogP contribution in [0.15, 0.2) is 52.5 Å². The highest BCUT2D eigenvalue weighted by Gasteiger charge is 2.25. The number of esters is 1. The lowest BCUT2D eigenvalue weighted by Gasteiger charge is -2.19. The Balaban J connectivity index is 1.65. The van der Waals surface area contributed by atoms with E-state index in [4.69, 9.17) is 4.74 Å². The molecule has 162 valence electrons. The monoisotopic (exact) mass is 445 g/mol. The molecular formula is C25H23N3O3S. The topological polar surface area (TPSA) is 71.9 Å². The standard InChI is InChI=1S/C25H23N3O3S/c1-14-8-15(2)10-19(9-14)23-27-22(24(30)31-23)12-20-13-32-25(26-20)28(18(5)29)21-7-6-16(3)17(4)11-21/h6-13H,1-5H3/b22-12+. The molecule has 0 saturated heterocycles. The van der Waals surface area contributed by atoms with E-state index in [1.165, 1.54) is 18.3 Å². The minimum Gasteiger partial charge on any atom is -0.402 e. The number of aromatic nitrogens is 1. The van der Waals surface area contributed by atoms with Crippen molar-refractivity contribution in [3.63, 3.8) is 0 Å². The highest BCUT2D eigenvalue weighted by Crippen LogP contribution is 2.31. The zero-order valence-electron chi connectivity index (χ0n) is 18.6. The summed E-state index contributed by atoms with van der Waals surface area (Å²) in [5.74, 6) is -0.382. The van der Waals surface area contributed by atoms with Crippen LogP contribution in [0.4, 0.5) is 10.8 Å². The number of carbonyl (C=O) groups is 2. The van der Waals surface area contributed by atoms with Crippen LogP contribution in [0.1, 0.15) is 40.4 Å². The zero-order valence-corrected chi connectivity index (χ0v) is 19.4. The molecule has 0 atom stereocenters. The molecule has 0 spiro atoms. The van der Waals surface area contributed by atoms with Crippen molar-refractivity contribution in [2.24, 2.45) is 4.99 Å². The number of aliphatic imine (C=N–C) groups is 1. The molecule has 0 bridgehead atoms. The first-order valence-electron chi connectivity index (χ1n) is 10.2. The Morgan fingerprint density at radius 1 is 1.03 bits per heavy atom. The second-order valence-electron chi connectivity index (χ2n) is 7.89. The number of ether oxygens (including phenoxy) is 1. The highest BCUT2D eigenvalue weighted by atomic mass is 32.1. The van der Waals surface area contributed by atoms with Gasteiger partial charge in [-0.05, 0) is 69.2 Å². The van der Waals surface area contributed by atoms with Gasteiger partial charge in [0.25, 0.3) is 0 Å². The maximum Gasteiger partial charge on any atom is 0.363 e. The van der Waals surface area contributed by atoms with E-state index in [-0.39, 0.29) is 17.5 Å². The van der Waals surface area contributed by atoms with E-state index in [0.717, 1.165) is 33.5 Å². The fraction of sp³-hybridized carbons (Fsp3) is 0.200. The lowest BCUT2D eigenvalue weighted by Crippen LogP contribution is -2.22. The summed E-state index contributed by atoms with van der Waals surface area (Å²) in [6.45, 7) is 9.50. The van der Waals surface area contributed by atoms with Gasteiger partial charge in [0.15, 0.2) is 10.8 Å². The van der Waals surface area contributed by atoms with Gasteiger partial charge in [-0.1, -0.05) is 23.3 Å². The van der Waals surface area contributed by atoms with Crippen LogP contribution in [0, 0.1) is 27.7 Å². The predicted molar refractivity (Wildman–Crippen MR) is 127 cm³/mol. The quantitative estimate of drug-likeness (QED) is 0.398. The minimum absolute atomic E-state index is 0.141. The second-order valence-corrected chi connectivity index (χ2v) is 8.73. The van der Waals surface area contributed by atoms with Crippen LogP contribution in [-0.4, -0.2) is 22.8 Å². The number of anilines is 2. The first kappa shape index (κ1) is 21.6. The van der Waals surface area contributed by atoms with Crippen LogP contribution in [-0.2, 0) is 14.3 Å². The summed E-state index contributed by atoms with van der Waals surface area (Å²) < 4.78 is 5.38. The molecule has 0 saturated carbocycles. The molecule has 3 aromatic rings. The molecule has 32 heavy (non-hydrogen) atoms. The molecular weight excluding hydrogens is 422 g/mol. The molecule has 1 aliphatic heterocycles. The normalized spacial score (nSPS) is 14.5. The van der Waals surface area contributed by atoms with E-state index >= 15 is 0 Å². The van der Waals surface area contributed by atoms with Gasteiger partial charge in [-0.25, -0.2) is 14.8 Å². The third-order valence-electron chi connectivity index (χ3n) is 5.14. The maximum absolute atomic E-state index is 12.4. The van der Waals surface area contributed by atoms with Crippen molar-refractivity contribution >= 4 is 46.0 Å². The van der Waals surface area contributed by atoms with E-state index in [0.29, 0.717) is 10.8 Å². The van der Waals surface area contributed by atoms with Gasteiger partial charge in [0.2, 0.25) is 11.8 Å². The smallest absolute Gasteiger partial charge is 0.363 e. The molecule has 2 aromatic carbocycles. The van der Waals surface area contributed by atoms with Gasteiger partial charge in [-0.15, -0.1) is 11.3 Å².